The van der Waals surface area contributed by atoms with Crippen LogP contribution >= 0.6 is 0 Å². The van der Waals surface area contributed by atoms with Crippen molar-refractivity contribution >= 4 is 16.1 Å². The van der Waals surface area contributed by atoms with Crippen LogP contribution in [0.1, 0.15) is 55.4 Å². The van der Waals surface area contributed by atoms with E-state index >= 15 is 0 Å². The van der Waals surface area contributed by atoms with E-state index < -0.39 is 16.1 Å². The lowest BCUT2D eigenvalue weighted by atomic mass is 10.3. The molecule has 0 N–H and O–H groups in total. The molecule has 18 heavy (non-hydrogen) atoms. The van der Waals surface area contributed by atoms with Crippen LogP contribution in [-0.4, -0.2) is 16.1 Å². The summed E-state index contributed by atoms with van der Waals surface area (Å²) in [6, 6.07) is 9.07. The van der Waals surface area contributed by atoms with E-state index in [0.29, 0.717) is 0 Å². The molecule has 0 nitrogen and oxygen atoms in total. The van der Waals surface area contributed by atoms with Crippen molar-refractivity contribution in [3.8, 4) is 0 Å². The molecule has 0 bridgehead atoms. The highest BCUT2D eigenvalue weighted by atomic mass is 28.4. The smallest absolute Gasteiger partial charge is 0.0535 e. The molecule has 0 saturated heterocycles. The van der Waals surface area contributed by atoms with Gasteiger partial charge in [0.1, 0.15) is 0 Å². The molecule has 0 aromatic carbocycles. The third kappa shape index (κ3) is 3.30. The maximum atomic E-state index is 2.52. The molecule has 0 aliphatic heterocycles. The minimum Gasteiger partial charge on any atom is -0.0678 e. The van der Waals surface area contributed by atoms with Gasteiger partial charge < -0.3 is 0 Å². The molecule has 0 saturated carbocycles. The summed E-state index contributed by atoms with van der Waals surface area (Å²) in [5.74, 6) is 0.919. The first-order valence-electron chi connectivity index (χ1n) is 8.43. The van der Waals surface area contributed by atoms with Crippen molar-refractivity contribution in [1.29, 1.82) is 0 Å². The standard InChI is InChI=1S/C16H38Si2/c1-9-17(10-2,11-3)16(15(7)8)18(12-4,13-5)14-6/h15-16H,9-14H2,1-8H3. The van der Waals surface area contributed by atoms with Crippen LogP contribution in [0.2, 0.25) is 41.4 Å². The van der Waals surface area contributed by atoms with Crippen LogP contribution in [0.5, 0.6) is 0 Å². The van der Waals surface area contributed by atoms with Gasteiger partial charge >= 0.3 is 0 Å². The summed E-state index contributed by atoms with van der Waals surface area (Å²) >= 11 is 0. The summed E-state index contributed by atoms with van der Waals surface area (Å²) in [4.78, 5) is 0. The van der Waals surface area contributed by atoms with E-state index in [4.69, 9.17) is 0 Å². The molecule has 0 aliphatic rings. The van der Waals surface area contributed by atoms with E-state index in [0.717, 1.165) is 11.1 Å². The first-order chi connectivity index (χ1) is 8.43. The third-order valence-corrected chi connectivity index (χ3v) is 22.3. The SMILES string of the molecule is CC[Si](CC)(CC)C(C(C)C)[Si](CC)(CC)CC. The molecule has 0 spiro atoms. The normalized spacial score (nSPS) is 13.7. The molecule has 0 aromatic heterocycles. The maximum absolute atomic E-state index is 2.52. The Bertz CT molecular complexity index is 179. The molecule has 0 amide bonds. The third-order valence-electron chi connectivity index (χ3n) is 6.21. The minimum absolute atomic E-state index is 0.919. The lowest BCUT2D eigenvalue weighted by Gasteiger charge is -2.50. The molecular formula is C16H38Si2. The van der Waals surface area contributed by atoms with Crippen molar-refractivity contribution in [3.05, 3.63) is 0 Å². The summed E-state index contributed by atoms with van der Waals surface area (Å²) in [5.41, 5.74) is 0. The van der Waals surface area contributed by atoms with Crippen LogP contribution in [0.15, 0.2) is 0 Å². The monoisotopic (exact) mass is 286 g/mol. The second kappa shape index (κ2) is 7.89. The predicted octanol–water partition coefficient (Wildman–Crippen LogP) is 6.57. The van der Waals surface area contributed by atoms with Gasteiger partial charge in [0.25, 0.3) is 0 Å². The van der Waals surface area contributed by atoms with Crippen LogP contribution in [-0.2, 0) is 0 Å². The Morgan fingerprint density at radius 2 is 0.778 bits per heavy atom. The summed E-state index contributed by atoms with van der Waals surface area (Å²) in [6.45, 7) is 20.0. The van der Waals surface area contributed by atoms with Crippen molar-refractivity contribution in [2.75, 3.05) is 0 Å². The topological polar surface area (TPSA) is 0 Å². The van der Waals surface area contributed by atoms with Gasteiger partial charge in [-0.2, -0.15) is 0 Å². The molecule has 2 heteroatoms. The molecule has 0 fully saturated rings. The summed E-state index contributed by atoms with van der Waals surface area (Å²) < 4.78 is 0. The van der Waals surface area contributed by atoms with Gasteiger partial charge in [-0.3, -0.25) is 0 Å². The molecular weight excluding hydrogens is 248 g/mol. The number of rotatable bonds is 9. The first-order valence-corrected chi connectivity index (χ1v) is 13.8. The van der Waals surface area contributed by atoms with Crippen LogP contribution in [0.25, 0.3) is 0 Å². The summed E-state index contributed by atoms with van der Waals surface area (Å²) in [6.07, 6.45) is 0. The summed E-state index contributed by atoms with van der Waals surface area (Å²) in [7, 11) is -2.09. The zero-order valence-electron chi connectivity index (χ0n) is 14.4. The molecule has 0 aliphatic carbocycles. The average Bonchev–Trinajstić information content (AvgIpc) is 2.40. The van der Waals surface area contributed by atoms with E-state index in [-0.39, 0.29) is 0 Å². The maximum Gasteiger partial charge on any atom is 0.0535 e. The van der Waals surface area contributed by atoms with Crippen molar-refractivity contribution in [2.24, 2.45) is 5.92 Å². The van der Waals surface area contributed by atoms with Gasteiger partial charge in [-0.05, 0) is 11.1 Å². The lowest BCUT2D eigenvalue weighted by molar-refractivity contribution is 0.647. The fraction of sp³-hybridized carbons (Fsp3) is 1.00. The molecule has 0 unspecified atom stereocenters. The van der Waals surface area contributed by atoms with Gasteiger partial charge in [0.2, 0.25) is 0 Å². The highest BCUT2D eigenvalue weighted by molar-refractivity contribution is 6.99. The minimum atomic E-state index is -1.05. The van der Waals surface area contributed by atoms with E-state index in [1.54, 1.807) is 0 Å². The van der Waals surface area contributed by atoms with Crippen LogP contribution in [0.3, 0.4) is 0 Å². The van der Waals surface area contributed by atoms with E-state index in [9.17, 15) is 0 Å². The Morgan fingerprint density at radius 3 is 0.889 bits per heavy atom. The molecule has 0 atom stereocenters. The fourth-order valence-electron chi connectivity index (χ4n) is 4.88. The molecule has 0 radical (unpaired) electrons. The number of hydrogen-bond donors (Lipinski definition) is 0. The Labute approximate surface area is 119 Å². The largest absolute Gasteiger partial charge is 0.0678 e. The van der Waals surface area contributed by atoms with Gasteiger partial charge in [-0.25, -0.2) is 0 Å². The van der Waals surface area contributed by atoms with Gasteiger partial charge in [0, 0.05) is 0 Å². The second-order valence-electron chi connectivity index (χ2n) is 6.57. The van der Waals surface area contributed by atoms with Crippen LogP contribution < -0.4 is 0 Å². The van der Waals surface area contributed by atoms with Crippen LogP contribution in [0.4, 0.5) is 0 Å². The van der Waals surface area contributed by atoms with Crippen molar-refractivity contribution in [1.82, 2.24) is 0 Å². The highest BCUT2D eigenvalue weighted by Crippen LogP contribution is 2.49. The van der Waals surface area contributed by atoms with E-state index in [2.05, 4.69) is 55.4 Å². The van der Waals surface area contributed by atoms with Gasteiger partial charge in [0.15, 0.2) is 0 Å². The van der Waals surface area contributed by atoms with E-state index in [1.165, 1.54) is 36.3 Å². The average molecular weight is 287 g/mol. The second-order valence-corrected chi connectivity index (χ2v) is 18.1. The summed E-state index contributed by atoms with van der Waals surface area (Å²) in [5, 5.41) is 1.14. The lowest BCUT2D eigenvalue weighted by Crippen LogP contribution is -2.54. The Morgan fingerprint density at radius 1 is 0.556 bits per heavy atom. The van der Waals surface area contributed by atoms with Crippen molar-refractivity contribution < 1.29 is 0 Å². The fourth-order valence-corrected chi connectivity index (χ4v) is 22.2. The highest BCUT2D eigenvalue weighted by Gasteiger charge is 2.49. The zero-order chi connectivity index (χ0) is 14.4. The van der Waals surface area contributed by atoms with Gasteiger partial charge in [-0.1, -0.05) is 91.7 Å². The Kier molecular flexibility index (Phi) is 8.08. The van der Waals surface area contributed by atoms with Gasteiger partial charge in [-0.15, -0.1) is 0 Å². The van der Waals surface area contributed by atoms with E-state index in [1.807, 2.05) is 0 Å². The zero-order valence-corrected chi connectivity index (χ0v) is 16.4. The number of hydrogen-bond acceptors (Lipinski definition) is 0. The molecule has 0 aromatic rings. The predicted molar refractivity (Wildman–Crippen MR) is 93.0 cm³/mol. The van der Waals surface area contributed by atoms with Crippen LogP contribution in [0, 0.1) is 5.92 Å². The molecule has 110 valence electrons. The first kappa shape index (κ1) is 18.4. The quantitative estimate of drug-likeness (QED) is 0.421. The Hall–Kier alpha value is 0.434. The van der Waals surface area contributed by atoms with Gasteiger partial charge in [0.05, 0.1) is 16.1 Å². The van der Waals surface area contributed by atoms with Crippen molar-refractivity contribution in [2.45, 2.75) is 96.8 Å². The van der Waals surface area contributed by atoms with Crippen molar-refractivity contribution in [3.63, 3.8) is 0 Å². The molecule has 0 rings (SSSR count). The Balaban J connectivity index is 5.65. The molecule has 0 heterocycles.